The summed E-state index contributed by atoms with van der Waals surface area (Å²) in [6, 6.07) is 8.81. The predicted octanol–water partition coefficient (Wildman–Crippen LogP) is 3.90. The van der Waals surface area contributed by atoms with Gasteiger partial charge in [-0.25, -0.2) is 19.2 Å². The lowest BCUT2D eigenvalue weighted by atomic mass is 9.74. The molecule has 30 heavy (non-hydrogen) atoms. The molecule has 6 nitrogen and oxygen atoms in total. The van der Waals surface area contributed by atoms with Crippen LogP contribution in [0, 0.1) is 18.7 Å². The molecule has 1 N–H and O–H groups in total. The van der Waals surface area contributed by atoms with E-state index in [2.05, 4.69) is 15.2 Å². The van der Waals surface area contributed by atoms with Crippen LogP contribution in [0.3, 0.4) is 0 Å². The molecule has 3 aliphatic heterocycles. The van der Waals surface area contributed by atoms with Crippen LogP contribution < -0.4 is 5.32 Å². The van der Waals surface area contributed by atoms with Crippen molar-refractivity contribution in [1.82, 2.24) is 20.2 Å². The average Bonchev–Trinajstić information content (AvgIpc) is 2.72. The molecule has 4 atom stereocenters. The van der Waals surface area contributed by atoms with E-state index < -0.39 is 0 Å². The van der Waals surface area contributed by atoms with E-state index in [4.69, 9.17) is 9.72 Å². The molecule has 3 aliphatic rings. The summed E-state index contributed by atoms with van der Waals surface area (Å²) in [6.45, 7) is 8.09. The summed E-state index contributed by atoms with van der Waals surface area (Å²) in [5, 5.41) is 2.77. The molecule has 2 bridgehead atoms. The molecular formula is C23H29FN4O2. The maximum Gasteiger partial charge on any atom is 0.407 e. The van der Waals surface area contributed by atoms with Crippen LogP contribution in [0.5, 0.6) is 0 Å². The number of benzene rings is 1. The van der Waals surface area contributed by atoms with E-state index in [0.29, 0.717) is 18.4 Å². The van der Waals surface area contributed by atoms with Crippen molar-refractivity contribution in [3.63, 3.8) is 0 Å². The number of hydrogen-bond acceptors (Lipinski definition) is 5. The van der Waals surface area contributed by atoms with E-state index in [1.165, 1.54) is 12.1 Å². The van der Waals surface area contributed by atoms with Crippen LogP contribution in [0.1, 0.15) is 44.1 Å². The van der Waals surface area contributed by atoms with Crippen molar-refractivity contribution in [2.45, 2.75) is 51.6 Å². The van der Waals surface area contributed by atoms with E-state index in [9.17, 15) is 9.18 Å². The second-order valence-corrected chi connectivity index (χ2v) is 8.67. The third-order valence-electron chi connectivity index (χ3n) is 6.07. The number of nitrogens with zero attached hydrogens (tertiary/aromatic N) is 3. The van der Waals surface area contributed by atoms with Gasteiger partial charge in [0.05, 0.1) is 5.69 Å². The minimum absolute atomic E-state index is 0.0706. The normalized spacial score (nSPS) is 25.4. The van der Waals surface area contributed by atoms with E-state index in [1.807, 2.05) is 26.8 Å². The molecule has 7 heteroatoms. The summed E-state index contributed by atoms with van der Waals surface area (Å²) in [5.41, 5.74) is 2.78. The molecule has 1 aromatic carbocycles. The maximum atomic E-state index is 13.3. The lowest BCUT2D eigenvalue weighted by Crippen LogP contribution is -2.54. The second kappa shape index (κ2) is 8.68. The highest BCUT2D eigenvalue weighted by Crippen LogP contribution is 2.41. The Morgan fingerprint density at radius 1 is 1.30 bits per heavy atom. The van der Waals surface area contributed by atoms with Crippen LogP contribution in [0.2, 0.25) is 0 Å². The maximum absolute atomic E-state index is 13.3. The minimum atomic E-state index is -0.348. The summed E-state index contributed by atoms with van der Waals surface area (Å²) < 4.78 is 18.7. The van der Waals surface area contributed by atoms with Gasteiger partial charge in [0, 0.05) is 35.8 Å². The second-order valence-electron chi connectivity index (χ2n) is 8.67. The lowest BCUT2D eigenvalue weighted by Gasteiger charge is -2.49. The SMILES string of the molecule is Cc1nc(-c2ccc(F)cc2)cc(C2CN3CCC2CC3COC(=O)NC(C)C)n1. The number of rotatable bonds is 5. The number of alkyl carbamates (subject to hydrolysis) is 1. The largest absolute Gasteiger partial charge is 0.448 e. The third-order valence-corrected chi connectivity index (χ3v) is 6.07. The van der Waals surface area contributed by atoms with Gasteiger partial charge in [-0.1, -0.05) is 0 Å². The van der Waals surface area contributed by atoms with Gasteiger partial charge in [0.25, 0.3) is 0 Å². The van der Waals surface area contributed by atoms with Gasteiger partial charge < -0.3 is 10.1 Å². The number of ether oxygens (including phenoxy) is 1. The Kier molecular flexibility index (Phi) is 5.99. The number of aryl methyl sites for hydroxylation is 1. The van der Waals surface area contributed by atoms with Crippen LogP contribution in [0.15, 0.2) is 30.3 Å². The topological polar surface area (TPSA) is 67.4 Å². The molecule has 4 unspecified atom stereocenters. The Morgan fingerprint density at radius 2 is 2.07 bits per heavy atom. The van der Waals surface area contributed by atoms with Crippen LogP contribution in [-0.4, -0.2) is 52.7 Å². The average molecular weight is 413 g/mol. The molecule has 3 fully saturated rings. The van der Waals surface area contributed by atoms with Crippen molar-refractivity contribution in [2.75, 3.05) is 19.7 Å². The number of aromatic nitrogens is 2. The summed E-state index contributed by atoms with van der Waals surface area (Å²) in [6.07, 6.45) is 1.77. The molecule has 3 saturated heterocycles. The molecule has 4 heterocycles. The Morgan fingerprint density at radius 3 is 2.73 bits per heavy atom. The minimum Gasteiger partial charge on any atom is -0.448 e. The fraction of sp³-hybridized carbons (Fsp3) is 0.522. The van der Waals surface area contributed by atoms with Crippen LogP contribution in [0.25, 0.3) is 11.3 Å². The molecule has 5 rings (SSSR count). The molecule has 0 saturated carbocycles. The lowest BCUT2D eigenvalue weighted by molar-refractivity contribution is -0.00373. The summed E-state index contributed by atoms with van der Waals surface area (Å²) in [7, 11) is 0. The number of nitrogens with one attached hydrogen (secondary N) is 1. The number of halogens is 1. The standard InChI is InChI=1S/C23H29FN4O2/c1-14(2)25-23(29)30-13-19-10-17-8-9-28(19)12-20(17)22-11-21(26-15(3)27-22)16-4-6-18(24)7-5-16/h4-7,11,14,17,19-20H,8-10,12-13H2,1-3H3,(H,25,29). The molecule has 0 spiro atoms. The highest BCUT2D eigenvalue weighted by atomic mass is 19.1. The molecular weight excluding hydrogens is 383 g/mol. The first-order valence-electron chi connectivity index (χ1n) is 10.7. The van der Waals surface area contributed by atoms with Crippen molar-refractivity contribution in [2.24, 2.45) is 5.92 Å². The molecule has 0 aliphatic carbocycles. The summed E-state index contributed by atoms with van der Waals surface area (Å²) in [5.74, 6) is 1.32. The first-order chi connectivity index (χ1) is 14.4. The van der Waals surface area contributed by atoms with Crippen LogP contribution in [-0.2, 0) is 4.74 Å². The first-order valence-corrected chi connectivity index (χ1v) is 10.7. The fourth-order valence-electron chi connectivity index (χ4n) is 4.65. The van der Waals surface area contributed by atoms with Gasteiger partial charge in [-0.05, 0) is 76.4 Å². The van der Waals surface area contributed by atoms with Gasteiger partial charge >= 0.3 is 6.09 Å². The van der Waals surface area contributed by atoms with Crippen molar-refractivity contribution in [3.8, 4) is 11.3 Å². The Bertz CT molecular complexity index is 903. The predicted molar refractivity (Wildman–Crippen MR) is 113 cm³/mol. The number of carbonyl (C=O) groups excluding carboxylic acids is 1. The Labute approximate surface area is 176 Å². The van der Waals surface area contributed by atoms with Gasteiger partial charge in [0.1, 0.15) is 18.2 Å². The van der Waals surface area contributed by atoms with E-state index in [1.54, 1.807) is 12.1 Å². The van der Waals surface area contributed by atoms with Gasteiger partial charge in [0.15, 0.2) is 0 Å². The van der Waals surface area contributed by atoms with Crippen LogP contribution >= 0.6 is 0 Å². The number of fused-ring (bicyclic) bond motifs is 3. The van der Waals surface area contributed by atoms with Crippen molar-refractivity contribution in [1.29, 1.82) is 0 Å². The Hall–Kier alpha value is -2.54. The van der Waals surface area contributed by atoms with Crippen molar-refractivity contribution in [3.05, 3.63) is 47.7 Å². The summed E-state index contributed by atoms with van der Waals surface area (Å²) >= 11 is 0. The van der Waals surface area contributed by atoms with E-state index >= 15 is 0 Å². The van der Waals surface area contributed by atoms with Gasteiger partial charge in [-0.2, -0.15) is 0 Å². The van der Waals surface area contributed by atoms with Gasteiger partial charge in [-0.15, -0.1) is 0 Å². The van der Waals surface area contributed by atoms with Crippen molar-refractivity contribution < 1.29 is 13.9 Å². The zero-order valence-electron chi connectivity index (χ0n) is 17.8. The number of hydrogen-bond donors (Lipinski definition) is 1. The quantitative estimate of drug-likeness (QED) is 0.807. The zero-order valence-corrected chi connectivity index (χ0v) is 17.8. The number of carbonyl (C=O) groups is 1. The monoisotopic (exact) mass is 412 g/mol. The van der Waals surface area contributed by atoms with Gasteiger partial charge in [0.2, 0.25) is 0 Å². The highest BCUT2D eigenvalue weighted by Gasteiger charge is 2.41. The van der Waals surface area contributed by atoms with E-state index in [0.717, 1.165) is 48.7 Å². The smallest absolute Gasteiger partial charge is 0.407 e. The zero-order chi connectivity index (χ0) is 21.3. The molecule has 160 valence electrons. The van der Waals surface area contributed by atoms with Gasteiger partial charge in [-0.3, -0.25) is 4.90 Å². The molecule has 1 aromatic heterocycles. The van der Waals surface area contributed by atoms with Crippen molar-refractivity contribution >= 4 is 6.09 Å². The first kappa shape index (κ1) is 20.7. The molecule has 2 aromatic rings. The molecule has 1 amide bonds. The van der Waals surface area contributed by atoms with E-state index in [-0.39, 0.29) is 24.0 Å². The Balaban J connectivity index is 1.46. The third kappa shape index (κ3) is 4.61. The number of piperidine rings is 3. The highest BCUT2D eigenvalue weighted by molar-refractivity contribution is 5.67. The molecule has 0 radical (unpaired) electrons. The fourth-order valence-corrected chi connectivity index (χ4v) is 4.65. The van der Waals surface area contributed by atoms with Crippen LogP contribution in [0.4, 0.5) is 9.18 Å². The number of amides is 1. The summed E-state index contributed by atoms with van der Waals surface area (Å²) in [4.78, 5) is 23.6.